The van der Waals surface area contributed by atoms with E-state index < -0.39 is 0 Å². The van der Waals surface area contributed by atoms with E-state index >= 15 is 0 Å². The van der Waals surface area contributed by atoms with Crippen LogP contribution in [-0.2, 0) is 0 Å². The Hall–Kier alpha value is -2.29. The van der Waals surface area contributed by atoms with E-state index in [4.69, 9.17) is 0 Å². The van der Waals surface area contributed by atoms with E-state index in [1.807, 2.05) is 6.07 Å². The molecule has 0 spiro atoms. The van der Waals surface area contributed by atoms with Crippen molar-refractivity contribution in [2.45, 2.75) is 13.8 Å². The molecule has 2 N–H and O–H groups in total. The van der Waals surface area contributed by atoms with Gasteiger partial charge in [-0.05, 0) is 36.6 Å². The van der Waals surface area contributed by atoms with Crippen molar-refractivity contribution in [2.75, 3.05) is 0 Å². The Bertz CT molecular complexity index is 781. The van der Waals surface area contributed by atoms with Crippen LogP contribution in [0.1, 0.15) is 11.1 Å². The maximum Gasteiger partial charge on any atom is 0.272 e. The average molecular weight is 238 g/mol. The van der Waals surface area contributed by atoms with E-state index in [-0.39, 0.29) is 5.56 Å². The van der Waals surface area contributed by atoms with Gasteiger partial charge in [-0.1, -0.05) is 18.2 Å². The van der Waals surface area contributed by atoms with E-state index in [0.29, 0.717) is 5.52 Å². The van der Waals surface area contributed by atoms with Gasteiger partial charge in [0.05, 0.1) is 0 Å². The zero-order chi connectivity index (χ0) is 12.7. The lowest BCUT2D eigenvalue weighted by Crippen LogP contribution is -2.05. The summed E-state index contributed by atoms with van der Waals surface area (Å²) in [5, 5.41) is 0.960. The SMILES string of the molecule is Cc1ccc(-c2c[nH]c(=O)c3[nH]ccc23)cc1C. The molecule has 0 unspecified atom stereocenters. The molecule has 2 aromatic heterocycles. The molecule has 0 saturated heterocycles. The minimum absolute atomic E-state index is 0.0809. The van der Waals surface area contributed by atoms with Crippen LogP contribution in [0.4, 0.5) is 0 Å². The van der Waals surface area contributed by atoms with Crippen LogP contribution in [0.5, 0.6) is 0 Å². The third kappa shape index (κ3) is 1.56. The Morgan fingerprint density at radius 1 is 1.00 bits per heavy atom. The summed E-state index contributed by atoms with van der Waals surface area (Å²) < 4.78 is 0. The number of rotatable bonds is 1. The van der Waals surface area contributed by atoms with E-state index in [0.717, 1.165) is 16.5 Å². The van der Waals surface area contributed by atoms with Crippen LogP contribution < -0.4 is 5.56 Å². The molecule has 0 aliphatic heterocycles. The number of benzene rings is 1. The van der Waals surface area contributed by atoms with Crippen LogP contribution in [0, 0.1) is 13.8 Å². The molecular weight excluding hydrogens is 224 g/mol. The molecule has 0 aliphatic rings. The van der Waals surface area contributed by atoms with Crippen LogP contribution in [0.2, 0.25) is 0 Å². The van der Waals surface area contributed by atoms with E-state index in [2.05, 4.69) is 42.0 Å². The van der Waals surface area contributed by atoms with Crippen molar-refractivity contribution >= 4 is 10.9 Å². The van der Waals surface area contributed by atoms with Crippen LogP contribution in [0.15, 0.2) is 41.5 Å². The van der Waals surface area contributed by atoms with Crippen molar-refractivity contribution in [3.05, 3.63) is 58.1 Å². The molecule has 0 saturated carbocycles. The standard InChI is InChI=1S/C15H14N2O/c1-9-3-4-11(7-10(9)2)13-8-17-15(18)14-12(13)5-6-16-14/h3-8,16H,1-2H3,(H,17,18). The second kappa shape index (κ2) is 3.88. The molecule has 3 aromatic rings. The van der Waals surface area contributed by atoms with Gasteiger partial charge in [-0.2, -0.15) is 0 Å². The fourth-order valence-electron chi connectivity index (χ4n) is 2.22. The van der Waals surface area contributed by atoms with Crippen LogP contribution >= 0.6 is 0 Å². The summed E-state index contributed by atoms with van der Waals surface area (Å²) in [6.45, 7) is 4.19. The summed E-state index contributed by atoms with van der Waals surface area (Å²) in [5.41, 5.74) is 5.25. The summed E-state index contributed by atoms with van der Waals surface area (Å²) >= 11 is 0. The molecule has 0 amide bonds. The van der Waals surface area contributed by atoms with Gasteiger partial charge >= 0.3 is 0 Å². The van der Waals surface area contributed by atoms with Gasteiger partial charge in [0.15, 0.2) is 0 Å². The summed E-state index contributed by atoms with van der Waals surface area (Å²) in [6.07, 6.45) is 3.58. The maximum atomic E-state index is 11.7. The van der Waals surface area contributed by atoms with Gasteiger partial charge in [0.1, 0.15) is 5.52 Å². The zero-order valence-corrected chi connectivity index (χ0v) is 10.4. The highest BCUT2D eigenvalue weighted by atomic mass is 16.1. The lowest BCUT2D eigenvalue weighted by atomic mass is 10.00. The second-order valence-corrected chi connectivity index (χ2v) is 4.60. The largest absolute Gasteiger partial charge is 0.357 e. The summed E-state index contributed by atoms with van der Waals surface area (Å²) in [7, 11) is 0. The average Bonchev–Trinajstić information content (AvgIpc) is 2.83. The minimum Gasteiger partial charge on any atom is -0.357 e. The number of hydrogen-bond donors (Lipinski definition) is 2. The topological polar surface area (TPSA) is 48.6 Å². The quantitative estimate of drug-likeness (QED) is 0.672. The highest BCUT2D eigenvalue weighted by molar-refractivity contribution is 5.94. The molecule has 0 fully saturated rings. The molecule has 1 aromatic carbocycles. The molecule has 0 radical (unpaired) electrons. The number of aromatic nitrogens is 2. The lowest BCUT2D eigenvalue weighted by Gasteiger charge is -2.06. The number of aromatic amines is 2. The Balaban J connectivity index is 2.31. The second-order valence-electron chi connectivity index (χ2n) is 4.60. The van der Waals surface area contributed by atoms with Gasteiger partial charge in [0.2, 0.25) is 0 Å². The summed E-state index contributed by atoms with van der Waals surface area (Å²) in [6, 6.07) is 8.28. The first kappa shape index (κ1) is 10.8. The third-order valence-corrected chi connectivity index (χ3v) is 3.43. The van der Waals surface area contributed by atoms with Crippen molar-refractivity contribution in [3.63, 3.8) is 0 Å². The van der Waals surface area contributed by atoms with Gasteiger partial charge in [0.25, 0.3) is 5.56 Å². The normalized spacial score (nSPS) is 11.0. The first-order valence-electron chi connectivity index (χ1n) is 5.93. The van der Waals surface area contributed by atoms with E-state index in [1.54, 1.807) is 12.4 Å². The predicted octanol–water partition coefficient (Wildman–Crippen LogP) is 3.14. The summed E-state index contributed by atoms with van der Waals surface area (Å²) in [5.74, 6) is 0. The molecule has 0 atom stereocenters. The van der Waals surface area contributed by atoms with E-state index in [1.165, 1.54) is 11.1 Å². The van der Waals surface area contributed by atoms with Crippen LogP contribution in [0.25, 0.3) is 22.0 Å². The highest BCUT2D eigenvalue weighted by Crippen LogP contribution is 2.27. The van der Waals surface area contributed by atoms with Crippen molar-refractivity contribution in [3.8, 4) is 11.1 Å². The molecule has 2 heterocycles. The highest BCUT2D eigenvalue weighted by Gasteiger charge is 2.08. The Morgan fingerprint density at radius 3 is 2.61 bits per heavy atom. The Kier molecular flexibility index (Phi) is 2.33. The lowest BCUT2D eigenvalue weighted by molar-refractivity contribution is 1.25. The molecule has 18 heavy (non-hydrogen) atoms. The maximum absolute atomic E-state index is 11.7. The van der Waals surface area contributed by atoms with Gasteiger partial charge in [-0.25, -0.2) is 0 Å². The molecule has 3 nitrogen and oxygen atoms in total. The molecule has 90 valence electrons. The first-order chi connectivity index (χ1) is 8.66. The predicted molar refractivity (Wildman–Crippen MR) is 73.8 cm³/mol. The number of fused-ring (bicyclic) bond motifs is 1. The van der Waals surface area contributed by atoms with Gasteiger partial charge < -0.3 is 9.97 Å². The van der Waals surface area contributed by atoms with Crippen molar-refractivity contribution in [1.82, 2.24) is 9.97 Å². The number of H-pyrrole nitrogens is 2. The molecular formula is C15H14N2O. The van der Waals surface area contributed by atoms with Crippen molar-refractivity contribution < 1.29 is 0 Å². The van der Waals surface area contributed by atoms with Crippen molar-refractivity contribution in [2.24, 2.45) is 0 Å². The minimum atomic E-state index is -0.0809. The van der Waals surface area contributed by atoms with Gasteiger partial charge in [-0.3, -0.25) is 4.79 Å². The Labute approximate surface area is 104 Å². The van der Waals surface area contributed by atoms with Crippen LogP contribution in [0.3, 0.4) is 0 Å². The van der Waals surface area contributed by atoms with E-state index in [9.17, 15) is 4.79 Å². The first-order valence-corrected chi connectivity index (χ1v) is 5.93. The number of aryl methyl sites for hydroxylation is 2. The zero-order valence-electron chi connectivity index (χ0n) is 10.4. The number of nitrogens with one attached hydrogen (secondary N) is 2. The number of hydrogen-bond acceptors (Lipinski definition) is 1. The number of pyridine rings is 1. The molecule has 0 bridgehead atoms. The molecule has 0 aliphatic carbocycles. The smallest absolute Gasteiger partial charge is 0.272 e. The monoisotopic (exact) mass is 238 g/mol. The molecule has 3 rings (SSSR count). The van der Waals surface area contributed by atoms with Crippen molar-refractivity contribution in [1.29, 1.82) is 0 Å². The van der Waals surface area contributed by atoms with Gasteiger partial charge in [0, 0.05) is 23.3 Å². The summed E-state index contributed by atoms with van der Waals surface area (Å²) in [4.78, 5) is 17.4. The third-order valence-electron chi connectivity index (χ3n) is 3.43. The fourth-order valence-corrected chi connectivity index (χ4v) is 2.22. The van der Waals surface area contributed by atoms with Gasteiger partial charge in [-0.15, -0.1) is 0 Å². The molecule has 3 heteroatoms. The van der Waals surface area contributed by atoms with Crippen LogP contribution in [-0.4, -0.2) is 9.97 Å². The fraction of sp³-hybridized carbons (Fsp3) is 0.133. The Morgan fingerprint density at radius 2 is 1.83 bits per heavy atom.